The molecule has 4 unspecified atom stereocenters. The second-order valence-corrected chi connectivity index (χ2v) is 13.4. The van der Waals surface area contributed by atoms with E-state index in [9.17, 15) is 29.1 Å². The lowest BCUT2D eigenvalue weighted by Crippen LogP contribution is -2.39. The summed E-state index contributed by atoms with van der Waals surface area (Å²) in [4.78, 5) is 69.2. The van der Waals surface area contributed by atoms with Crippen molar-refractivity contribution in [1.82, 2.24) is 0 Å². The number of methoxy groups -OCH3 is 1. The smallest absolute Gasteiger partial charge is 0.238 e. The molecule has 3 aromatic rings. The van der Waals surface area contributed by atoms with Crippen LogP contribution >= 0.6 is 31.9 Å². The molecule has 3 aromatic carbocycles. The van der Waals surface area contributed by atoms with Crippen LogP contribution in [0.5, 0.6) is 11.5 Å². The fourth-order valence-corrected chi connectivity index (χ4v) is 8.18. The van der Waals surface area contributed by atoms with E-state index < -0.39 is 23.7 Å². The molecule has 8 nitrogen and oxygen atoms in total. The molecule has 0 saturated carbocycles. The van der Waals surface area contributed by atoms with Gasteiger partial charge in [0.15, 0.2) is 28.8 Å². The Kier molecular flexibility index (Phi) is 7.52. The van der Waals surface area contributed by atoms with Crippen LogP contribution in [0.1, 0.15) is 40.2 Å². The molecule has 1 heterocycles. The second-order valence-electron chi connectivity index (χ2n) is 11.7. The Hall–Kier alpha value is -4.41. The number of halogens is 2. The summed E-state index contributed by atoms with van der Waals surface area (Å²) in [5.41, 5.74) is 3.33. The number of hydrogen-bond donors (Lipinski definition) is 1. The molecule has 230 valence electrons. The molecule has 4 atom stereocenters. The number of rotatable bonds is 5. The minimum absolute atomic E-state index is 0.108. The predicted octanol–water partition coefficient (Wildman–Crippen LogP) is 6.36. The van der Waals surface area contributed by atoms with Crippen LogP contribution in [-0.2, 0) is 19.2 Å². The van der Waals surface area contributed by atoms with Gasteiger partial charge in [0.2, 0.25) is 11.8 Å². The zero-order valence-corrected chi connectivity index (χ0v) is 27.5. The summed E-state index contributed by atoms with van der Waals surface area (Å²) in [5.74, 6) is -4.12. The number of carbonyl (C=O) groups is 5. The molecule has 4 aliphatic rings. The second kappa shape index (κ2) is 11.4. The number of fused-ring (bicyclic) bond motifs is 3. The van der Waals surface area contributed by atoms with Crippen molar-refractivity contribution in [3.8, 4) is 11.5 Å². The van der Waals surface area contributed by atoms with E-state index in [4.69, 9.17) is 4.74 Å². The van der Waals surface area contributed by atoms with Crippen molar-refractivity contribution in [2.75, 3.05) is 12.0 Å². The van der Waals surface area contributed by atoms with Gasteiger partial charge in [0.1, 0.15) is 0 Å². The maximum absolute atomic E-state index is 14.2. The normalized spacial score (nSPS) is 23.8. The largest absolute Gasteiger partial charge is 0.503 e. The Balaban J connectivity index is 1.28. The first-order chi connectivity index (χ1) is 22.1. The highest BCUT2D eigenvalue weighted by Crippen LogP contribution is 2.56. The molecule has 1 saturated heterocycles. The topological polar surface area (TPSA) is 118 Å². The van der Waals surface area contributed by atoms with Gasteiger partial charge in [-0.2, -0.15) is 0 Å². The Morgan fingerprint density at radius 1 is 0.913 bits per heavy atom. The number of phenols is 1. The molecule has 0 spiro atoms. The lowest BCUT2D eigenvalue weighted by molar-refractivity contribution is -0.123. The summed E-state index contributed by atoms with van der Waals surface area (Å²) in [6.07, 6.45) is 3.60. The Morgan fingerprint density at radius 2 is 1.61 bits per heavy atom. The van der Waals surface area contributed by atoms with Crippen molar-refractivity contribution in [3.63, 3.8) is 0 Å². The summed E-state index contributed by atoms with van der Waals surface area (Å²) in [5, 5.41) is 10.5. The van der Waals surface area contributed by atoms with Crippen molar-refractivity contribution in [2.45, 2.75) is 18.8 Å². The Labute approximate surface area is 280 Å². The van der Waals surface area contributed by atoms with Gasteiger partial charge >= 0.3 is 0 Å². The van der Waals surface area contributed by atoms with Crippen molar-refractivity contribution < 1.29 is 33.8 Å². The number of amides is 2. The van der Waals surface area contributed by atoms with Crippen LogP contribution in [0.2, 0.25) is 0 Å². The molecule has 0 bridgehead atoms. The van der Waals surface area contributed by atoms with Gasteiger partial charge in [0, 0.05) is 34.3 Å². The van der Waals surface area contributed by atoms with Crippen molar-refractivity contribution in [1.29, 1.82) is 0 Å². The highest BCUT2D eigenvalue weighted by molar-refractivity contribution is 9.12. The Bertz CT molecular complexity index is 1980. The van der Waals surface area contributed by atoms with Gasteiger partial charge in [0.25, 0.3) is 0 Å². The number of anilines is 1. The van der Waals surface area contributed by atoms with Gasteiger partial charge < -0.3 is 9.84 Å². The summed E-state index contributed by atoms with van der Waals surface area (Å²) in [7, 11) is 1.42. The van der Waals surface area contributed by atoms with E-state index in [1.807, 2.05) is 12.1 Å². The standard InChI is InChI=1S/C36H25Br2NO7/c1-46-28-14-19(13-25(37)34(28)43)29-21-11-12-22-30(23(21)15-24-31(29)27(40)16-26(38)33(24)42)36(45)39(35(22)44)20-9-7-18(8-10-20)32(41)17-5-3-2-4-6-17/h2-11,13-14,16,22-23,29-30,43H,12,15H2,1H3. The summed E-state index contributed by atoms with van der Waals surface area (Å²) in [6.45, 7) is 0. The number of benzene rings is 3. The molecule has 0 aromatic heterocycles. The third-order valence-corrected chi connectivity index (χ3v) is 10.6. The van der Waals surface area contributed by atoms with Crippen LogP contribution in [-0.4, -0.2) is 41.4 Å². The third kappa shape index (κ3) is 4.65. The number of ether oxygens (including phenoxy) is 1. The number of ketones is 3. The molecule has 7 rings (SSSR count). The number of allylic oxidation sites excluding steroid dienone is 6. The van der Waals surface area contributed by atoms with Crippen LogP contribution in [0, 0.1) is 17.8 Å². The average molecular weight is 743 g/mol. The number of nitrogens with zero attached hydrogens (tertiary/aromatic N) is 1. The van der Waals surface area contributed by atoms with E-state index in [1.54, 1.807) is 60.7 Å². The maximum atomic E-state index is 14.2. The summed E-state index contributed by atoms with van der Waals surface area (Å²) >= 11 is 6.62. The zero-order valence-electron chi connectivity index (χ0n) is 24.3. The minimum atomic E-state index is -0.760. The number of phenolic OH excluding ortho intramolecular Hbond substituents is 1. The fourth-order valence-electron chi connectivity index (χ4n) is 7.27. The third-order valence-electron chi connectivity index (χ3n) is 9.36. The van der Waals surface area contributed by atoms with E-state index in [1.165, 1.54) is 18.1 Å². The van der Waals surface area contributed by atoms with Gasteiger partial charge in [-0.05, 0) is 92.6 Å². The molecular formula is C36H25Br2NO7. The highest BCUT2D eigenvalue weighted by Gasteiger charge is 2.56. The van der Waals surface area contributed by atoms with E-state index in [0.717, 1.165) is 5.57 Å². The monoisotopic (exact) mass is 741 g/mol. The number of aromatic hydroxyl groups is 1. The molecule has 46 heavy (non-hydrogen) atoms. The molecule has 0 radical (unpaired) electrons. The zero-order chi connectivity index (χ0) is 32.4. The van der Waals surface area contributed by atoms with Gasteiger partial charge in [0.05, 0.1) is 33.6 Å². The van der Waals surface area contributed by atoms with E-state index in [2.05, 4.69) is 31.9 Å². The number of carbonyl (C=O) groups excluding carboxylic acids is 5. The van der Waals surface area contributed by atoms with Gasteiger partial charge in [-0.3, -0.25) is 28.9 Å². The van der Waals surface area contributed by atoms with E-state index in [0.29, 0.717) is 38.0 Å². The molecule has 2 amide bonds. The van der Waals surface area contributed by atoms with Crippen molar-refractivity contribution in [2.24, 2.45) is 17.8 Å². The average Bonchev–Trinajstić information content (AvgIpc) is 3.33. The predicted molar refractivity (Wildman–Crippen MR) is 176 cm³/mol. The SMILES string of the molecule is COc1cc(C2C3=CCC4C(=O)N(c5ccc(C(=O)c6ccccc6)cc5)C(=O)C4C3CC3=C2C(=O)C=C(Br)C3=O)cc(Br)c1O. The van der Waals surface area contributed by atoms with Gasteiger partial charge in [-0.1, -0.05) is 42.0 Å². The first-order valence-electron chi connectivity index (χ1n) is 14.6. The van der Waals surface area contributed by atoms with E-state index >= 15 is 0 Å². The van der Waals surface area contributed by atoms with Crippen LogP contribution in [0.15, 0.2) is 105 Å². The quantitative estimate of drug-likeness (QED) is 0.140. The van der Waals surface area contributed by atoms with Gasteiger partial charge in [-0.25, -0.2) is 0 Å². The lowest BCUT2D eigenvalue weighted by Gasteiger charge is -2.42. The molecule has 1 fully saturated rings. The van der Waals surface area contributed by atoms with Crippen LogP contribution in [0.3, 0.4) is 0 Å². The van der Waals surface area contributed by atoms with Crippen LogP contribution < -0.4 is 9.64 Å². The highest BCUT2D eigenvalue weighted by atomic mass is 79.9. The van der Waals surface area contributed by atoms with Crippen LogP contribution in [0.25, 0.3) is 0 Å². The Morgan fingerprint density at radius 3 is 2.30 bits per heavy atom. The number of hydrogen-bond acceptors (Lipinski definition) is 7. The molecule has 10 heteroatoms. The van der Waals surface area contributed by atoms with Gasteiger partial charge in [-0.15, -0.1) is 0 Å². The summed E-state index contributed by atoms with van der Waals surface area (Å²) in [6, 6.07) is 18.6. The first kappa shape index (κ1) is 30.3. The molecule has 3 aliphatic carbocycles. The number of Topliss-reactive ketones (excluding diaryl/α,β-unsaturated/α-hetero) is 1. The molecule has 1 aliphatic heterocycles. The van der Waals surface area contributed by atoms with Crippen molar-refractivity contribution >= 4 is 66.7 Å². The fraction of sp³-hybridized carbons (Fsp3) is 0.194. The number of imide groups is 1. The van der Waals surface area contributed by atoms with Crippen LogP contribution in [0.4, 0.5) is 5.69 Å². The lowest BCUT2D eigenvalue weighted by atomic mass is 9.59. The van der Waals surface area contributed by atoms with E-state index in [-0.39, 0.29) is 58.0 Å². The maximum Gasteiger partial charge on any atom is 0.238 e. The molecular weight excluding hydrogens is 718 g/mol. The van der Waals surface area contributed by atoms with Crippen molar-refractivity contribution in [3.05, 3.63) is 121 Å². The minimum Gasteiger partial charge on any atom is -0.503 e. The first-order valence-corrected chi connectivity index (χ1v) is 16.2. The molecule has 1 N–H and O–H groups in total. The summed E-state index contributed by atoms with van der Waals surface area (Å²) < 4.78 is 5.88.